The molecule has 47 heavy (non-hydrogen) atoms. The first kappa shape index (κ1) is 31.8. The van der Waals surface area contributed by atoms with Crippen molar-refractivity contribution in [3.63, 3.8) is 0 Å². The van der Waals surface area contributed by atoms with Crippen LogP contribution in [0.2, 0.25) is 0 Å². The first-order valence-electron chi connectivity index (χ1n) is 15.0. The minimum atomic E-state index is -4.64. The topological polar surface area (TPSA) is 52.6 Å². The fourth-order valence-electron chi connectivity index (χ4n) is 5.61. The molecule has 2 unspecified atom stereocenters. The van der Waals surface area contributed by atoms with Crippen molar-refractivity contribution in [2.45, 2.75) is 51.0 Å². The Balaban J connectivity index is 1.22. The van der Waals surface area contributed by atoms with Gasteiger partial charge in [-0.15, -0.1) is 45.3 Å². The molecule has 4 aromatic heterocycles. The molecule has 0 saturated carbocycles. The molecule has 4 heterocycles. The number of rotatable bonds is 10. The van der Waals surface area contributed by atoms with Gasteiger partial charge in [-0.2, -0.15) is 13.2 Å². The molecular weight excluding hydrogens is 682 g/mol. The lowest BCUT2D eigenvalue weighted by atomic mass is 10.1. The molecule has 0 amide bonds. The smallest absolute Gasteiger partial charge is 0.399 e. The summed E-state index contributed by atoms with van der Waals surface area (Å²) in [7, 11) is 0. The second-order valence-corrected chi connectivity index (χ2v) is 15.6. The van der Waals surface area contributed by atoms with Gasteiger partial charge in [0.1, 0.15) is 18.6 Å². The zero-order valence-corrected chi connectivity index (χ0v) is 28.2. The normalized spacial score (nSPS) is 13.4. The Morgan fingerprint density at radius 1 is 0.638 bits per heavy atom. The lowest BCUT2D eigenvalue weighted by Gasteiger charge is -2.17. The summed E-state index contributed by atoms with van der Waals surface area (Å²) in [6, 6.07) is 27.8. The molecule has 0 saturated heterocycles. The van der Waals surface area contributed by atoms with Crippen molar-refractivity contribution in [2.75, 3.05) is 0 Å². The standard InChI is InChI=1S/C36H27F3O4S4/c1-2-32(40)42-24(13-20-9-5-3-6-10-20)28-17-30-34(46-28)22-15-27-23(16-26(22)44-30)35-31(45-27)18-29(47-35)25(14-21-11-7-4-8-12-21)43-33(41)19-36(37,38)39/h3-12,15-18,24-25H,2,13-14,19H2,1H3. The number of benzene rings is 3. The van der Waals surface area contributed by atoms with E-state index in [0.717, 1.165) is 59.9 Å². The van der Waals surface area contributed by atoms with Crippen LogP contribution < -0.4 is 0 Å². The summed E-state index contributed by atoms with van der Waals surface area (Å²) < 4.78 is 56.8. The van der Waals surface area contributed by atoms with Crippen LogP contribution in [0.25, 0.3) is 39.0 Å². The van der Waals surface area contributed by atoms with E-state index in [4.69, 9.17) is 9.47 Å². The monoisotopic (exact) mass is 708 g/mol. The highest BCUT2D eigenvalue weighted by Crippen LogP contribution is 2.48. The van der Waals surface area contributed by atoms with Gasteiger partial charge in [0.2, 0.25) is 0 Å². The molecule has 7 rings (SSSR count). The fourth-order valence-corrected chi connectivity index (χ4v) is 10.8. The number of esters is 2. The highest BCUT2D eigenvalue weighted by atomic mass is 32.1. The van der Waals surface area contributed by atoms with E-state index in [1.54, 1.807) is 40.9 Å². The molecule has 4 nitrogen and oxygen atoms in total. The van der Waals surface area contributed by atoms with Crippen LogP contribution >= 0.6 is 45.3 Å². The van der Waals surface area contributed by atoms with Crippen molar-refractivity contribution in [3.05, 3.63) is 106 Å². The molecule has 3 aromatic carbocycles. The van der Waals surface area contributed by atoms with Crippen molar-refractivity contribution in [1.82, 2.24) is 0 Å². The Morgan fingerprint density at radius 3 is 1.51 bits per heavy atom. The summed E-state index contributed by atoms with van der Waals surface area (Å²) in [4.78, 5) is 26.3. The highest BCUT2D eigenvalue weighted by molar-refractivity contribution is 7.34. The first-order valence-corrected chi connectivity index (χ1v) is 18.3. The Kier molecular flexibility index (Phi) is 8.82. The number of hydrogen-bond donors (Lipinski definition) is 0. The summed E-state index contributed by atoms with van der Waals surface area (Å²) >= 11 is 6.43. The van der Waals surface area contributed by atoms with Crippen LogP contribution in [-0.2, 0) is 31.9 Å². The summed E-state index contributed by atoms with van der Waals surface area (Å²) in [6.07, 6.45) is -6.26. The van der Waals surface area contributed by atoms with Gasteiger partial charge in [-0.1, -0.05) is 67.6 Å². The van der Waals surface area contributed by atoms with Crippen LogP contribution in [0.3, 0.4) is 0 Å². The molecule has 0 spiro atoms. The van der Waals surface area contributed by atoms with E-state index in [-0.39, 0.29) is 18.5 Å². The summed E-state index contributed by atoms with van der Waals surface area (Å²) in [6.45, 7) is 1.80. The van der Waals surface area contributed by atoms with Crippen molar-refractivity contribution in [3.8, 4) is 0 Å². The highest BCUT2D eigenvalue weighted by Gasteiger charge is 2.34. The second-order valence-electron chi connectivity index (χ2n) is 11.2. The van der Waals surface area contributed by atoms with Gasteiger partial charge in [-0.3, -0.25) is 9.59 Å². The third-order valence-corrected chi connectivity index (χ3v) is 12.8. The van der Waals surface area contributed by atoms with Crippen molar-refractivity contribution in [1.29, 1.82) is 0 Å². The maximum absolute atomic E-state index is 13.0. The SMILES string of the molecule is CCC(=O)OC(Cc1ccccc1)c1cc2sc3cc4c(cc3c2s1)sc1cc(C(Cc2ccccc2)OC(=O)CC(F)(F)F)sc14. The largest absolute Gasteiger partial charge is 0.456 e. The van der Waals surface area contributed by atoms with E-state index in [2.05, 4.69) is 18.2 Å². The van der Waals surface area contributed by atoms with Gasteiger partial charge >= 0.3 is 18.1 Å². The molecule has 0 N–H and O–H groups in total. The van der Waals surface area contributed by atoms with E-state index in [1.807, 2.05) is 66.7 Å². The number of thiophene rings is 4. The zero-order valence-electron chi connectivity index (χ0n) is 25.0. The van der Waals surface area contributed by atoms with Crippen LogP contribution in [0.4, 0.5) is 13.2 Å². The molecule has 0 aliphatic rings. The fraction of sp³-hybridized carbons (Fsp3) is 0.222. The number of alkyl halides is 3. The van der Waals surface area contributed by atoms with Gasteiger partial charge in [0.05, 0.1) is 9.40 Å². The van der Waals surface area contributed by atoms with E-state index < -0.39 is 24.7 Å². The number of carbonyl (C=O) groups excluding carboxylic acids is 2. The van der Waals surface area contributed by atoms with Crippen molar-refractivity contribution in [2.24, 2.45) is 0 Å². The molecule has 0 aliphatic carbocycles. The number of ether oxygens (including phenoxy) is 2. The van der Waals surface area contributed by atoms with Crippen LogP contribution in [0, 0.1) is 0 Å². The number of halogens is 3. The van der Waals surface area contributed by atoms with Gasteiger partial charge in [-0.05, 0) is 35.4 Å². The third kappa shape index (κ3) is 6.94. The molecule has 0 radical (unpaired) electrons. The molecule has 2 atom stereocenters. The molecular formula is C36H27F3O4S4. The third-order valence-electron chi connectivity index (χ3n) is 7.79. The number of hydrogen-bond acceptors (Lipinski definition) is 8. The predicted molar refractivity (Wildman–Crippen MR) is 187 cm³/mol. The van der Waals surface area contributed by atoms with Gasteiger partial charge in [0.15, 0.2) is 0 Å². The van der Waals surface area contributed by atoms with Crippen LogP contribution in [0.15, 0.2) is 84.9 Å². The van der Waals surface area contributed by atoms with Gasteiger partial charge in [0.25, 0.3) is 0 Å². The molecule has 0 fully saturated rings. The van der Waals surface area contributed by atoms with Crippen LogP contribution in [-0.4, -0.2) is 18.1 Å². The Bertz CT molecular complexity index is 2210. The average molecular weight is 709 g/mol. The maximum Gasteiger partial charge on any atom is 0.399 e. The Hall–Kier alpha value is -3.77. The van der Waals surface area contributed by atoms with E-state index >= 15 is 0 Å². The predicted octanol–water partition coefficient (Wildman–Crippen LogP) is 11.6. The van der Waals surface area contributed by atoms with Gasteiger partial charge in [-0.25, -0.2) is 0 Å². The summed E-state index contributed by atoms with van der Waals surface area (Å²) in [5, 5.41) is 2.22. The number of fused-ring (bicyclic) bond motifs is 6. The Labute approximate surface area is 284 Å². The van der Waals surface area contributed by atoms with Gasteiger partial charge in [0, 0.05) is 58.6 Å². The zero-order chi connectivity index (χ0) is 32.7. The second kappa shape index (κ2) is 13.0. The average Bonchev–Trinajstić information content (AvgIpc) is 3.79. The van der Waals surface area contributed by atoms with Crippen molar-refractivity contribution >= 4 is 96.3 Å². The Morgan fingerprint density at radius 2 is 1.09 bits per heavy atom. The molecule has 0 bridgehead atoms. The molecule has 0 aliphatic heterocycles. The van der Waals surface area contributed by atoms with Crippen molar-refractivity contribution < 1.29 is 32.2 Å². The minimum absolute atomic E-state index is 0.228. The molecule has 11 heteroatoms. The first-order chi connectivity index (χ1) is 22.6. The van der Waals surface area contributed by atoms with Gasteiger partial charge < -0.3 is 9.47 Å². The number of carbonyl (C=O) groups is 2. The van der Waals surface area contributed by atoms with Crippen LogP contribution in [0.5, 0.6) is 0 Å². The summed E-state index contributed by atoms with van der Waals surface area (Å²) in [5.41, 5.74) is 1.97. The van der Waals surface area contributed by atoms with E-state index in [9.17, 15) is 22.8 Å². The maximum atomic E-state index is 13.0. The summed E-state index contributed by atoms with van der Waals surface area (Å²) in [5.74, 6) is -1.51. The lowest BCUT2D eigenvalue weighted by molar-refractivity contribution is -0.175. The van der Waals surface area contributed by atoms with E-state index in [0.29, 0.717) is 12.8 Å². The molecule has 240 valence electrons. The molecule has 7 aromatic rings. The minimum Gasteiger partial charge on any atom is -0.456 e. The quantitative estimate of drug-likeness (QED) is 0.133. The van der Waals surface area contributed by atoms with E-state index in [1.165, 1.54) is 11.3 Å². The van der Waals surface area contributed by atoms with Crippen LogP contribution in [0.1, 0.15) is 52.9 Å². The lowest BCUT2D eigenvalue weighted by Crippen LogP contribution is -2.20.